The molecule has 0 saturated carbocycles. The molecule has 2 rings (SSSR count). The SMILES string of the molecule is CN1CCC(N2CCN(N=O)CC2)CC1. The molecule has 0 unspecified atom stereocenters. The van der Waals surface area contributed by atoms with Crippen LogP contribution in [0.4, 0.5) is 0 Å². The number of hydrogen-bond donors (Lipinski definition) is 0. The van der Waals surface area contributed by atoms with Gasteiger partial charge < -0.3 is 4.90 Å². The Morgan fingerprint density at radius 1 is 1.00 bits per heavy atom. The smallest absolute Gasteiger partial charge is 0.0524 e. The Morgan fingerprint density at radius 3 is 2.13 bits per heavy atom. The summed E-state index contributed by atoms with van der Waals surface area (Å²) in [6.07, 6.45) is 2.54. The molecular weight excluding hydrogens is 192 g/mol. The van der Waals surface area contributed by atoms with E-state index in [2.05, 4.69) is 22.1 Å². The number of hydrogen-bond acceptors (Lipinski definition) is 4. The second-order valence-electron chi connectivity index (χ2n) is 4.61. The molecule has 0 aromatic heterocycles. The van der Waals surface area contributed by atoms with Crippen LogP contribution in [0.15, 0.2) is 5.29 Å². The van der Waals surface area contributed by atoms with Crippen molar-refractivity contribution in [1.29, 1.82) is 0 Å². The van der Waals surface area contributed by atoms with E-state index < -0.39 is 0 Å². The normalized spacial score (nSPS) is 26.9. The van der Waals surface area contributed by atoms with Crippen molar-refractivity contribution in [3.63, 3.8) is 0 Å². The average Bonchev–Trinajstić information content (AvgIpc) is 2.30. The van der Waals surface area contributed by atoms with E-state index in [0.29, 0.717) is 0 Å². The Bertz CT molecular complexity index is 207. The summed E-state index contributed by atoms with van der Waals surface area (Å²) in [6, 6.07) is 0.731. The first kappa shape index (κ1) is 10.8. The first-order chi connectivity index (χ1) is 7.29. The summed E-state index contributed by atoms with van der Waals surface area (Å²) in [4.78, 5) is 15.2. The van der Waals surface area contributed by atoms with Gasteiger partial charge in [-0.05, 0) is 33.0 Å². The minimum atomic E-state index is 0.731. The molecule has 0 radical (unpaired) electrons. The molecule has 5 nitrogen and oxygen atoms in total. The van der Waals surface area contributed by atoms with Crippen LogP contribution in [0, 0.1) is 4.91 Å². The zero-order chi connectivity index (χ0) is 10.7. The lowest BCUT2D eigenvalue weighted by Gasteiger charge is -2.40. The van der Waals surface area contributed by atoms with Crippen LogP contribution in [-0.4, -0.2) is 67.2 Å². The third-order valence-electron chi connectivity index (χ3n) is 3.61. The topological polar surface area (TPSA) is 39.1 Å². The number of likely N-dealkylation sites (tertiary alicyclic amines) is 1. The van der Waals surface area contributed by atoms with Gasteiger partial charge >= 0.3 is 0 Å². The van der Waals surface area contributed by atoms with E-state index in [1.54, 1.807) is 5.01 Å². The molecule has 2 aliphatic rings. The first-order valence-corrected chi connectivity index (χ1v) is 5.80. The third-order valence-corrected chi connectivity index (χ3v) is 3.61. The van der Waals surface area contributed by atoms with E-state index in [9.17, 15) is 4.91 Å². The van der Waals surface area contributed by atoms with Crippen molar-refractivity contribution in [2.45, 2.75) is 18.9 Å². The van der Waals surface area contributed by atoms with Crippen LogP contribution in [-0.2, 0) is 0 Å². The van der Waals surface area contributed by atoms with Gasteiger partial charge in [0, 0.05) is 19.1 Å². The Balaban J connectivity index is 1.78. The summed E-state index contributed by atoms with van der Waals surface area (Å²) >= 11 is 0. The summed E-state index contributed by atoms with van der Waals surface area (Å²) in [5.41, 5.74) is 0. The molecule has 0 aromatic rings. The summed E-state index contributed by atoms with van der Waals surface area (Å²) in [6.45, 7) is 6.01. The molecule has 0 amide bonds. The predicted molar refractivity (Wildman–Crippen MR) is 59.5 cm³/mol. The maximum Gasteiger partial charge on any atom is 0.0524 e. The van der Waals surface area contributed by atoms with Crippen molar-refractivity contribution in [3.05, 3.63) is 4.91 Å². The Hall–Kier alpha value is -0.680. The van der Waals surface area contributed by atoms with Crippen LogP contribution in [0.1, 0.15) is 12.8 Å². The fourth-order valence-electron chi connectivity index (χ4n) is 2.52. The molecule has 2 heterocycles. The van der Waals surface area contributed by atoms with Crippen molar-refractivity contribution in [1.82, 2.24) is 14.8 Å². The van der Waals surface area contributed by atoms with Crippen molar-refractivity contribution >= 4 is 0 Å². The molecule has 2 fully saturated rings. The summed E-state index contributed by atoms with van der Waals surface area (Å²) in [5, 5.41) is 4.62. The second kappa shape index (κ2) is 4.90. The lowest BCUT2D eigenvalue weighted by molar-refractivity contribution is 0.0652. The van der Waals surface area contributed by atoms with Gasteiger partial charge in [0.15, 0.2) is 0 Å². The van der Waals surface area contributed by atoms with Gasteiger partial charge in [0.05, 0.1) is 18.4 Å². The maximum absolute atomic E-state index is 10.3. The Labute approximate surface area is 91.0 Å². The van der Waals surface area contributed by atoms with Crippen LogP contribution in [0.2, 0.25) is 0 Å². The van der Waals surface area contributed by atoms with Crippen LogP contribution >= 0.6 is 0 Å². The zero-order valence-electron chi connectivity index (χ0n) is 9.43. The largest absolute Gasteiger partial charge is 0.306 e. The molecule has 0 bridgehead atoms. The Kier molecular flexibility index (Phi) is 3.53. The minimum Gasteiger partial charge on any atom is -0.306 e. The van der Waals surface area contributed by atoms with Crippen LogP contribution < -0.4 is 0 Å². The highest BCUT2D eigenvalue weighted by Crippen LogP contribution is 2.17. The first-order valence-electron chi connectivity index (χ1n) is 5.80. The molecule has 0 aliphatic carbocycles. The standard InChI is InChI=1S/C10H20N4O/c1-12-4-2-10(3-5-12)13-6-8-14(11-15)9-7-13/h10H,2-9H2,1H3. The monoisotopic (exact) mass is 212 g/mol. The van der Waals surface area contributed by atoms with Gasteiger partial charge in [-0.1, -0.05) is 0 Å². The zero-order valence-corrected chi connectivity index (χ0v) is 9.43. The fraction of sp³-hybridized carbons (Fsp3) is 1.00. The highest BCUT2D eigenvalue weighted by Gasteiger charge is 2.26. The molecule has 0 atom stereocenters. The molecule has 0 N–H and O–H groups in total. The maximum atomic E-state index is 10.3. The molecule has 2 aliphatic heterocycles. The van der Waals surface area contributed by atoms with E-state index in [4.69, 9.17) is 0 Å². The molecule has 2 saturated heterocycles. The third kappa shape index (κ3) is 2.66. The number of nitroso groups, excluding NO2 is 1. The molecule has 86 valence electrons. The fourth-order valence-corrected chi connectivity index (χ4v) is 2.52. The summed E-state index contributed by atoms with van der Waals surface area (Å²) in [7, 11) is 2.18. The minimum absolute atomic E-state index is 0.731. The van der Waals surface area contributed by atoms with E-state index >= 15 is 0 Å². The van der Waals surface area contributed by atoms with Gasteiger partial charge in [-0.25, -0.2) is 0 Å². The van der Waals surface area contributed by atoms with E-state index in [1.165, 1.54) is 25.9 Å². The highest BCUT2D eigenvalue weighted by molar-refractivity contribution is 4.81. The van der Waals surface area contributed by atoms with E-state index in [1.807, 2.05) is 0 Å². The summed E-state index contributed by atoms with van der Waals surface area (Å²) < 4.78 is 0. The van der Waals surface area contributed by atoms with E-state index in [-0.39, 0.29) is 0 Å². The van der Waals surface area contributed by atoms with Gasteiger partial charge in [0.25, 0.3) is 0 Å². The van der Waals surface area contributed by atoms with Crippen molar-refractivity contribution in [3.8, 4) is 0 Å². The number of nitrogens with zero attached hydrogens (tertiary/aromatic N) is 4. The lowest BCUT2D eigenvalue weighted by atomic mass is 10.0. The molecule has 0 spiro atoms. The number of piperazine rings is 1. The number of rotatable bonds is 2. The second-order valence-corrected chi connectivity index (χ2v) is 4.61. The van der Waals surface area contributed by atoms with Crippen molar-refractivity contribution in [2.24, 2.45) is 5.29 Å². The van der Waals surface area contributed by atoms with Gasteiger partial charge in [0.1, 0.15) is 0 Å². The average molecular weight is 212 g/mol. The van der Waals surface area contributed by atoms with Crippen LogP contribution in [0.3, 0.4) is 0 Å². The lowest BCUT2D eigenvalue weighted by Crippen LogP contribution is -2.51. The van der Waals surface area contributed by atoms with E-state index in [0.717, 1.165) is 32.2 Å². The van der Waals surface area contributed by atoms with Gasteiger partial charge in [-0.3, -0.25) is 9.91 Å². The molecule has 0 aromatic carbocycles. The quantitative estimate of drug-likeness (QED) is 0.620. The summed E-state index contributed by atoms with van der Waals surface area (Å²) in [5.74, 6) is 0. The van der Waals surface area contributed by atoms with Crippen molar-refractivity contribution in [2.75, 3.05) is 46.3 Å². The highest BCUT2D eigenvalue weighted by atomic mass is 16.3. The molecule has 5 heteroatoms. The molecular formula is C10H20N4O. The predicted octanol–water partition coefficient (Wildman–Crippen LogP) is 0.380. The van der Waals surface area contributed by atoms with Crippen molar-refractivity contribution < 1.29 is 0 Å². The van der Waals surface area contributed by atoms with Crippen LogP contribution in [0.25, 0.3) is 0 Å². The van der Waals surface area contributed by atoms with Gasteiger partial charge in [-0.2, -0.15) is 0 Å². The molecule has 15 heavy (non-hydrogen) atoms. The van der Waals surface area contributed by atoms with Crippen LogP contribution in [0.5, 0.6) is 0 Å². The van der Waals surface area contributed by atoms with Gasteiger partial charge in [0.2, 0.25) is 0 Å². The Morgan fingerprint density at radius 2 is 1.60 bits per heavy atom. The number of piperidine rings is 1. The van der Waals surface area contributed by atoms with Gasteiger partial charge in [-0.15, -0.1) is 4.91 Å².